The van der Waals surface area contributed by atoms with E-state index in [0.717, 1.165) is 17.0 Å². The van der Waals surface area contributed by atoms with Gasteiger partial charge in [-0.2, -0.15) is 4.98 Å². The molecule has 8 heteroatoms. The number of hydrogen-bond acceptors (Lipinski definition) is 6. The third kappa shape index (κ3) is 2.75. The van der Waals surface area contributed by atoms with Gasteiger partial charge in [-0.3, -0.25) is 4.79 Å². The van der Waals surface area contributed by atoms with Gasteiger partial charge in [-0.15, -0.1) is 5.10 Å². The van der Waals surface area contributed by atoms with E-state index in [9.17, 15) is 9.18 Å². The van der Waals surface area contributed by atoms with Crippen LogP contribution in [0.3, 0.4) is 0 Å². The lowest BCUT2D eigenvalue weighted by molar-refractivity contribution is -0.117. The fourth-order valence-electron chi connectivity index (χ4n) is 3.96. The van der Waals surface area contributed by atoms with Crippen LogP contribution < -0.4 is 5.32 Å². The number of Topliss-reactive ketones (excluding diaryl/α,β-unsaturated/α-hetero) is 1. The lowest BCUT2D eigenvalue weighted by Gasteiger charge is -2.34. The number of aromatic nitrogens is 3. The van der Waals surface area contributed by atoms with Gasteiger partial charge in [-0.25, -0.2) is 9.07 Å². The first-order valence-corrected chi connectivity index (χ1v) is 10.2. The van der Waals surface area contributed by atoms with Crippen molar-refractivity contribution in [2.45, 2.75) is 30.0 Å². The fraction of sp³-hybridized carbons (Fsp3) is 0.250. The minimum absolute atomic E-state index is 0.0166. The zero-order valence-electron chi connectivity index (χ0n) is 15.1. The SMILES string of the molecule is CSc1nc2n(n1)[C@@H](c1ccc(F)cc1)C1=C(C[C@H](c3ccco3)CC1=O)N2. The number of nitrogens with one attached hydrogen (secondary N) is 1. The molecule has 5 rings (SSSR count). The lowest BCUT2D eigenvalue weighted by Crippen LogP contribution is -2.33. The van der Waals surface area contributed by atoms with Crippen molar-refractivity contribution in [2.24, 2.45) is 0 Å². The molecule has 1 aliphatic carbocycles. The molecule has 0 saturated heterocycles. The Kier molecular flexibility index (Phi) is 4.08. The summed E-state index contributed by atoms with van der Waals surface area (Å²) in [6.45, 7) is 0. The van der Waals surface area contributed by atoms with Gasteiger partial charge in [0, 0.05) is 23.6 Å². The Morgan fingerprint density at radius 2 is 2.07 bits per heavy atom. The number of fused-ring (bicyclic) bond motifs is 1. The number of thioether (sulfide) groups is 1. The average Bonchev–Trinajstić information content (AvgIpc) is 3.36. The molecule has 2 aliphatic rings. The quantitative estimate of drug-likeness (QED) is 0.671. The van der Waals surface area contributed by atoms with E-state index in [1.165, 1.54) is 23.9 Å². The smallest absolute Gasteiger partial charge is 0.227 e. The van der Waals surface area contributed by atoms with E-state index in [0.29, 0.717) is 29.5 Å². The second kappa shape index (κ2) is 6.63. The molecule has 0 saturated carbocycles. The van der Waals surface area contributed by atoms with Crippen LogP contribution in [0.5, 0.6) is 0 Å². The summed E-state index contributed by atoms with van der Waals surface area (Å²) in [7, 11) is 0. The summed E-state index contributed by atoms with van der Waals surface area (Å²) >= 11 is 1.43. The van der Waals surface area contributed by atoms with Gasteiger partial charge in [0.2, 0.25) is 11.1 Å². The second-order valence-electron chi connectivity index (χ2n) is 6.88. The van der Waals surface area contributed by atoms with Crippen molar-refractivity contribution in [3.05, 3.63) is 71.1 Å². The Morgan fingerprint density at radius 1 is 1.25 bits per heavy atom. The molecular weight excluding hydrogens is 379 g/mol. The molecule has 0 radical (unpaired) electrons. The highest BCUT2D eigenvalue weighted by atomic mass is 32.2. The first kappa shape index (κ1) is 17.2. The molecule has 0 amide bonds. The van der Waals surface area contributed by atoms with Gasteiger partial charge >= 0.3 is 0 Å². The Bertz CT molecular complexity index is 1070. The van der Waals surface area contributed by atoms with Gasteiger partial charge < -0.3 is 9.73 Å². The van der Waals surface area contributed by atoms with Crippen molar-refractivity contribution in [3.63, 3.8) is 0 Å². The molecule has 3 aromatic rings. The van der Waals surface area contributed by atoms with Crippen LogP contribution in [0.2, 0.25) is 0 Å². The standard InChI is InChI=1S/C20H17FN4O2S/c1-28-20-23-19-22-14-9-12(16-3-2-8-27-16)10-15(26)17(14)18(25(19)24-20)11-4-6-13(21)7-5-11/h2-8,12,18H,9-10H2,1H3,(H,22,23,24)/t12-,18-/m0/s1. The van der Waals surface area contributed by atoms with Gasteiger partial charge in [0.1, 0.15) is 17.6 Å². The van der Waals surface area contributed by atoms with Crippen LogP contribution in [0.4, 0.5) is 10.3 Å². The summed E-state index contributed by atoms with van der Waals surface area (Å²) in [6, 6.07) is 9.52. The van der Waals surface area contributed by atoms with Crippen LogP contribution >= 0.6 is 11.8 Å². The number of halogens is 1. The van der Waals surface area contributed by atoms with E-state index in [1.54, 1.807) is 23.1 Å². The zero-order chi connectivity index (χ0) is 19.3. The third-order valence-corrected chi connectivity index (χ3v) is 5.75. The highest BCUT2D eigenvalue weighted by Crippen LogP contribution is 2.44. The molecule has 1 aromatic carbocycles. The molecule has 2 atom stereocenters. The normalized spacial score (nSPS) is 21.3. The highest BCUT2D eigenvalue weighted by Gasteiger charge is 2.40. The Balaban J connectivity index is 1.63. The van der Waals surface area contributed by atoms with Crippen LogP contribution in [0.25, 0.3) is 0 Å². The van der Waals surface area contributed by atoms with Crippen LogP contribution in [-0.2, 0) is 4.79 Å². The maximum atomic E-state index is 13.5. The number of benzene rings is 1. The van der Waals surface area contributed by atoms with E-state index in [4.69, 9.17) is 4.42 Å². The van der Waals surface area contributed by atoms with E-state index in [1.807, 2.05) is 18.4 Å². The summed E-state index contributed by atoms with van der Waals surface area (Å²) in [5.74, 6) is 1.10. The van der Waals surface area contributed by atoms with Crippen molar-refractivity contribution in [3.8, 4) is 0 Å². The molecule has 0 unspecified atom stereocenters. The summed E-state index contributed by atoms with van der Waals surface area (Å²) < 4.78 is 20.7. The summed E-state index contributed by atoms with van der Waals surface area (Å²) in [5.41, 5.74) is 2.30. The van der Waals surface area contributed by atoms with Gasteiger partial charge in [0.25, 0.3) is 0 Å². The minimum atomic E-state index is -0.426. The average molecular weight is 396 g/mol. The Labute approximate surface area is 164 Å². The van der Waals surface area contributed by atoms with Crippen molar-refractivity contribution in [2.75, 3.05) is 11.6 Å². The monoisotopic (exact) mass is 396 g/mol. The molecule has 142 valence electrons. The second-order valence-corrected chi connectivity index (χ2v) is 7.66. The molecule has 1 N–H and O–H groups in total. The number of furan rings is 1. The van der Waals surface area contributed by atoms with Gasteiger partial charge in [0.05, 0.1) is 6.26 Å². The first-order valence-electron chi connectivity index (χ1n) is 8.96. The van der Waals surface area contributed by atoms with Crippen LogP contribution in [0.1, 0.15) is 36.1 Å². The molecule has 6 nitrogen and oxygen atoms in total. The fourth-order valence-corrected chi connectivity index (χ4v) is 4.30. The van der Waals surface area contributed by atoms with Crippen LogP contribution in [-0.4, -0.2) is 26.8 Å². The lowest BCUT2D eigenvalue weighted by atomic mass is 9.79. The molecule has 0 spiro atoms. The third-order valence-electron chi connectivity index (χ3n) is 5.21. The van der Waals surface area contributed by atoms with Gasteiger partial charge in [-0.05, 0) is 42.5 Å². The van der Waals surface area contributed by atoms with Crippen molar-refractivity contribution in [1.29, 1.82) is 0 Å². The van der Waals surface area contributed by atoms with Crippen molar-refractivity contribution in [1.82, 2.24) is 14.8 Å². The molecule has 3 heterocycles. The van der Waals surface area contributed by atoms with Gasteiger partial charge in [0.15, 0.2) is 5.78 Å². The van der Waals surface area contributed by atoms with Crippen LogP contribution in [0.15, 0.2) is 63.5 Å². The molecular formula is C20H17FN4O2S. The number of anilines is 1. The van der Waals surface area contributed by atoms with Crippen molar-refractivity contribution >= 4 is 23.5 Å². The summed E-state index contributed by atoms with van der Waals surface area (Å²) in [6.07, 6.45) is 4.54. The zero-order valence-corrected chi connectivity index (χ0v) is 15.9. The van der Waals surface area contributed by atoms with E-state index in [2.05, 4.69) is 15.4 Å². The number of ketones is 1. The topological polar surface area (TPSA) is 73.0 Å². The maximum absolute atomic E-state index is 13.5. The minimum Gasteiger partial charge on any atom is -0.469 e. The molecule has 28 heavy (non-hydrogen) atoms. The molecule has 0 fully saturated rings. The maximum Gasteiger partial charge on any atom is 0.227 e. The van der Waals surface area contributed by atoms with Crippen molar-refractivity contribution < 1.29 is 13.6 Å². The summed E-state index contributed by atoms with van der Waals surface area (Å²) in [4.78, 5) is 17.7. The number of carbonyl (C=O) groups is 1. The van der Waals surface area contributed by atoms with E-state index >= 15 is 0 Å². The number of nitrogens with zero attached hydrogens (tertiary/aromatic N) is 3. The number of hydrogen-bond donors (Lipinski definition) is 1. The first-order chi connectivity index (χ1) is 13.6. The van der Waals surface area contributed by atoms with E-state index < -0.39 is 6.04 Å². The van der Waals surface area contributed by atoms with E-state index in [-0.39, 0.29) is 17.5 Å². The van der Waals surface area contributed by atoms with Crippen LogP contribution in [0, 0.1) is 5.82 Å². The number of rotatable bonds is 3. The summed E-state index contributed by atoms with van der Waals surface area (Å²) in [5, 5.41) is 8.47. The molecule has 2 aromatic heterocycles. The van der Waals surface area contributed by atoms with Gasteiger partial charge in [-0.1, -0.05) is 23.9 Å². The Morgan fingerprint density at radius 3 is 2.79 bits per heavy atom. The largest absolute Gasteiger partial charge is 0.469 e. The number of carbonyl (C=O) groups excluding carboxylic acids is 1. The Hall–Kier alpha value is -2.87. The molecule has 1 aliphatic heterocycles. The predicted octanol–water partition coefficient (Wildman–Crippen LogP) is 4.15. The molecule has 0 bridgehead atoms. The number of allylic oxidation sites excluding steroid dienone is 2. The predicted molar refractivity (Wildman–Crippen MR) is 103 cm³/mol. The highest BCUT2D eigenvalue weighted by molar-refractivity contribution is 7.98.